The van der Waals surface area contributed by atoms with E-state index in [2.05, 4.69) is 47.2 Å². The van der Waals surface area contributed by atoms with E-state index >= 15 is 0 Å². The number of nitrogens with zero attached hydrogens (tertiary/aromatic N) is 2. The Kier molecular flexibility index (Phi) is 12.0. The standard InChI is InChI=1S/C20H31NO.C17H21NO4.ClH/c22-20(18-10-4-1-5-11-18,19-12-6-2-7-13-19)14-17-21-15-8-3-9-16-21;1-18-13-7-11(8-14(18)16-15(13)22-16)21-17(20)12(9-19)10-5-3-2-4-6-10;/h1,4-5,10-11,19,22H,2-3,6-9,12-17H2;2-6,11-16,19H,7-9H2,1H3;1H/t;11-,12-,13-,14+,15-,16+;/m.1./s1. The summed E-state index contributed by atoms with van der Waals surface area (Å²) in [5.41, 5.74) is 1.31. The number of piperidine rings is 2. The van der Waals surface area contributed by atoms with Crippen molar-refractivity contribution in [2.24, 2.45) is 5.92 Å². The highest BCUT2D eigenvalue weighted by molar-refractivity contribution is 5.85. The third kappa shape index (κ3) is 7.94. The average molecular weight is 641 g/mol. The average Bonchev–Trinajstić information content (AvgIpc) is 3.85. The number of carbonyl (C=O) groups is 1. The zero-order valence-corrected chi connectivity index (χ0v) is 27.7. The molecule has 7 nitrogen and oxygen atoms in total. The fraction of sp³-hybridized carbons (Fsp3) is 0.649. The van der Waals surface area contributed by atoms with Crippen molar-refractivity contribution in [2.75, 3.05) is 33.3 Å². The number of esters is 1. The first-order valence-corrected chi connectivity index (χ1v) is 17.2. The number of likely N-dealkylation sites (N-methyl/N-ethyl adjacent to an activating group) is 1. The van der Waals surface area contributed by atoms with Gasteiger partial charge in [0.25, 0.3) is 0 Å². The van der Waals surface area contributed by atoms with E-state index in [-0.39, 0.29) is 31.1 Å². The van der Waals surface area contributed by atoms with E-state index in [1.165, 1.54) is 64.5 Å². The van der Waals surface area contributed by atoms with Crippen molar-refractivity contribution in [3.05, 3.63) is 71.8 Å². The number of benzene rings is 2. The van der Waals surface area contributed by atoms with Gasteiger partial charge in [-0.1, -0.05) is 86.3 Å². The van der Waals surface area contributed by atoms with Gasteiger partial charge in [-0.3, -0.25) is 9.69 Å². The highest BCUT2D eigenvalue weighted by Crippen LogP contribution is 2.48. The molecule has 0 radical (unpaired) electrons. The Balaban J connectivity index is 0.000000174. The van der Waals surface area contributed by atoms with E-state index in [0.29, 0.717) is 30.2 Å². The maximum absolute atomic E-state index is 12.4. The maximum atomic E-state index is 12.4. The number of aliphatic hydroxyl groups excluding tert-OH is 1. The molecule has 2 bridgehead atoms. The minimum absolute atomic E-state index is 0. The molecule has 248 valence electrons. The molecule has 4 aliphatic heterocycles. The highest BCUT2D eigenvalue weighted by atomic mass is 35.5. The second kappa shape index (κ2) is 15.7. The van der Waals surface area contributed by atoms with Gasteiger partial charge in [0.2, 0.25) is 0 Å². The van der Waals surface area contributed by atoms with Crippen molar-refractivity contribution in [1.82, 2.24) is 9.80 Å². The second-order valence-electron chi connectivity index (χ2n) is 13.8. The van der Waals surface area contributed by atoms with E-state index in [1.807, 2.05) is 30.3 Å². The Morgan fingerprint density at radius 1 is 0.911 bits per heavy atom. The van der Waals surface area contributed by atoms with E-state index in [1.54, 1.807) is 0 Å². The van der Waals surface area contributed by atoms with Crippen LogP contribution in [0.4, 0.5) is 0 Å². The zero-order chi connectivity index (χ0) is 30.5. The molecule has 8 heteroatoms. The van der Waals surface area contributed by atoms with Gasteiger partial charge in [-0.2, -0.15) is 0 Å². The zero-order valence-electron chi connectivity index (χ0n) is 26.8. The predicted molar refractivity (Wildman–Crippen MR) is 178 cm³/mol. The number of halogens is 1. The Morgan fingerprint density at radius 2 is 1.49 bits per heavy atom. The fourth-order valence-electron chi connectivity index (χ4n) is 8.45. The Morgan fingerprint density at radius 3 is 2.09 bits per heavy atom. The van der Waals surface area contributed by atoms with Crippen LogP contribution in [0.3, 0.4) is 0 Å². The molecule has 0 spiro atoms. The number of likely N-dealkylation sites (tertiary alicyclic amines) is 1. The molecule has 45 heavy (non-hydrogen) atoms. The molecule has 2 aromatic carbocycles. The summed E-state index contributed by atoms with van der Waals surface area (Å²) in [6.45, 7) is 3.25. The molecule has 2 N–H and O–H groups in total. The molecule has 7 rings (SSSR count). The van der Waals surface area contributed by atoms with E-state index in [4.69, 9.17) is 9.47 Å². The number of epoxide rings is 1. The summed E-state index contributed by atoms with van der Waals surface area (Å²) in [5, 5.41) is 21.2. The summed E-state index contributed by atoms with van der Waals surface area (Å²) in [4.78, 5) is 17.3. The van der Waals surface area contributed by atoms with Crippen molar-refractivity contribution >= 4 is 18.4 Å². The minimum Gasteiger partial charge on any atom is -0.462 e. The SMILES string of the molecule is CN1[C@@H]2C[C@@H](OC(=O)[C@H](CO)c3ccccc3)C[C@H]1[C@@H]1O[C@@H]12.Cl.OC(CCN1CCCCC1)(c1ccccc1)C1CCCCC1. The van der Waals surface area contributed by atoms with Crippen LogP contribution >= 0.6 is 12.4 Å². The molecule has 0 aromatic heterocycles. The lowest BCUT2D eigenvalue weighted by atomic mass is 9.71. The minimum atomic E-state index is -0.626. The summed E-state index contributed by atoms with van der Waals surface area (Å²) in [5.74, 6) is -0.477. The van der Waals surface area contributed by atoms with Gasteiger partial charge in [0.1, 0.15) is 24.2 Å². The monoisotopic (exact) mass is 640 g/mol. The molecule has 1 saturated carbocycles. The second-order valence-corrected chi connectivity index (χ2v) is 13.8. The van der Waals surface area contributed by atoms with Crippen LogP contribution < -0.4 is 0 Å². The molecule has 1 unspecified atom stereocenters. The first kappa shape index (κ1) is 34.3. The van der Waals surface area contributed by atoms with Crippen molar-refractivity contribution in [3.8, 4) is 0 Å². The number of morpholine rings is 1. The quantitative estimate of drug-likeness (QED) is 0.270. The van der Waals surface area contributed by atoms with Gasteiger partial charge in [0.05, 0.1) is 12.2 Å². The Bertz CT molecular complexity index is 1170. The van der Waals surface area contributed by atoms with Crippen molar-refractivity contribution in [1.29, 1.82) is 0 Å². The van der Waals surface area contributed by atoms with Crippen molar-refractivity contribution in [2.45, 2.75) is 113 Å². The predicted octanol–water partition coefficient (Wildman–Crippen LogP) is 5.67. The van der Waals surface area contributed by atoms with Gasteiger partial charge in [-0.05, 0) is 69.3 Å². The van der Waals surface area contributed by atoms with Crippen LogP contribution in [-0.4, -0.2) is 89.7 Å². The Hall–Kier alpha value is -2.00. The van der Waals surface area contributed by atoms with Crippen LogP contribution in [0.15, 0.2) is 60.7 Å². The van der Waals surface area contributed by atoms with Crippen LogP contribution in [0.2, 0.25) is 0 Å². The topological polar surface area (TPSA) is 85.8 Å². The van der Waals surface area contributed by atoms with Crippen molar-refractivity contribution < 1.29 is 24.5 Å². The van der Waals surface area contributed by atoms with Crippen LogP contribution in [0.5, 0.6) is 0 Å². The summed E-state index contributed by atoms with van der Waals surface area (Å²) in [6.07, 6.45) is 13.5. The molecule has 4 heterocycles. The van der Waals surface area contributed by atoms with Gasteiger partial charge in [0.15, 0.2) is 0 Å². The smallest absolute Gasteiger partial charge is 0.316 e. The van der Waals surface area contributed by atoms with Gasteiger partial charge in [0, 0.05) is 31.5 Å². The molecule has 0 amide bonds. The molecular weight excluding hydrogens is 588 g/mol. The number of ether oxygens (including phenoxy) is 2. The Labute approximate surface area is 275 Å². The van der Waals surface area contributed by atoms with Crippen LogP contribution in [0.25, 0.3) is 0 Å². The first-order valence-electron chi connectivity index (χ1n) is 17.2. The molecular formula is C37H53ClN2O5. The number of carbonyl (C=O) groups excluding carboxylic acids is 1. The molecule has 7 atom stereocenters. The lowest BCUT2D eigenvalue weighted by molar-refractivity contribution is -0.156. The van der Waals surface area contributed by atoms with Gasteiger partial charge in [-0.25, -0.2) is 0 Å². The molecule has 5 fully saturated rings. The molecule has 4 saturated heterocycles. The largest absolute Gasteiger partial charge is 0.462 e. The van der Waals surface area contributed by atoms with Crippen LogP contribution in [0.1, 0.15) is 87.7 Å². The van der Waals surface area contributed by atoms with E-state index in [9.17, 15) is 15.0 Å². The number of fused-ring (bicyclic) bond motifs is 5. The number of hydrogen-bond donors (Lipinski definition) is 2. The lowest BCUT2D eigenvalue weighted by Gasteiger charge is -2.40. The normalized spacial score (nSPS) is 30.1. The van der Waals surface area contributed by atoms with Crippen LogP contribution in [-0.2, 0) is 19.9 Å². The maximum Gasteiger partial charge on any atom is 0.316 e. The van der Waals surface area contributed by atoms with E-state index in [0.717, 1.165) is 36.9 Å². The third-order valence-electron chi connectivity index (χ3n) is 11.1. The number of aliphatic hydroxyl groups is 2. The highest BCUT2D eigenvalue weighted by Gasteiger charge is 2.62. The molecule has 2 aromatic rings. The summed E-state index contributed by atoms with van der Waals surface area (Å²) in [6, 6.07) is 20.5. The fourth-order valence-corrected chi connectivity index (χ4v) is 8.45. The third-order valence-corrected chi connectivity index (χ3v) is 11.1. The van der Waals surface area contributed by atoms with Crippen molar-refractivity contribution in [3.63, 3.8) is 0 Å². The summed E-state index contributed by atoms with van der Waals surface area (Å²) >= 11 is 0. The first-order chi connectivity index (χ1) is 21.5. The van der Waals surface area contributed by atoms with Gasteiger partial charge >= 0.3 is 5.97 Å². The van der Waals surface area contributed by atoms with Gasteiger partial charge in [-0.15, -0.1) is 12.4 Å². The number of rotatable bonds is 9. The van der Waals surface area contributed by atoms with Crippen LogP contribution in [0, 0.1) is 5.92 Å². The molecule has 1 aliphatic carbocycles. The summed E-state index contributed by atoms with van der Waals surface area (Å²) in [7, 11) is 2.13. The van der Waals surface area contributed by atoms with Gasteiger partial charge < -0.3 is 24.6 Å². The molecule has 5 aliphatic rings. The van der Waals surface area contributed by atoms with E-state index < -0.39 is 11.5 Å². The number of hydrogen-bond acceptors (Lipinski definition) is 7. The lowest BCUT2D eigenvalue weighted by Crippen LogP contribution is -2.48. The summed E-state index contributed by atoms with van der Waals surface area (Å²) < 4.78 is 11.4.